The molecule has 5 nitrogen and oxygen atoms in total. The highest BCUT2D eigenvalue weighted by Crippen LogP contribution is 2.40. The van der Waals surface area contributed by atoms with Crippen LogP contribution in [-0.4, -0.2) is 34.2 Å². The molecule has 3 rings (SSSR count). The predicted octanol–water partition coefficient (Wildman–Crippen LogP) is 3.86. The maximum Gasteiger partial charge on any atom is 0.391 e. The number of rotatable bonds is 5. The van der Waals surface area contributed by atoms with Gasteiger partial charge in [-0.15, -0.1) is 0 Å². The fourth-order valence-corrected chi connectivity index (χ4v) is 3.14. The van der Waals surface area contributed by atoms with Gasteiger partial charge in [0.2, 0.25) is 0 Å². The zero-order chi connectivity index (χ0) is 19.9. The van der Waals surface area contributed by atoms with Crippen molar-refractivity contribution in [2.24, 2.45) is 0 Å². The molecule has 144 valence electrons. The third-order valence-electron chi connectivity index (χ3n) is 4.55. The number of alkyl halides is 3. The first-order valence-corrected chi connectivity index (χ1v) is 8.57. The summed E-state index contributed by atoms with van der Waals surface area (Å²) in [6, 6.07) is 3.18. The van der Waals surface area contributed by atoms with E-state index in [9.17, 15) is 22.8 Å². The van der Waals surface area contributed by atoms with Crippen molar-refractivity contribution in [3.63, 3.8) is 0 Å². The molecule has 1 heterocycles. The van der Waals surface area contributed by atoms with Crippen LogP contribution in [0.25, 0.3) is 10.9 Å². The number of carbonyl (C=O) groups is 2. The summed E-state index contributed by atoms with van der Waals surface area (Å²) < 4.78 is 37.9. The number of nitrogens with zero attached hydrogens (tertiary/aromatic N) is 1. The minimum atomic E-state index is -4.71. The van der Waals surface area contributed by atoms with Crippen molar-refractivity contribution in [3.8, 4) is 0 Å². The number of carbonyl (C=O) groups excluding carboxylic acids is 1. The Morgan fingerprint density at radius 2 is 1.93 bits per heavy atom. The normalized spacial score (nSPS) is 15.6. The number of fused-ring (bicyclic) bond motifs is 1. The van der Waals surface area contributed by atoms with Crippen LogP contribution in [0.4, 0.5) is 13.2 Å². The molecule has 1 atom stereocenters. The molecule has 1 aliphatic rings. The predicted molar refractivity (Wildman–Crippen MR) is 92.8 cm³/mol. The molecule has 0 saturated heterocycles. The van der Waals surface area contributed by atoms with Gasteiger partial charge in [0.1, 0.15) is 6.04 Å². The molecule has 0 bridgehead atoms. The van der Waals surface area contributed by atoms with Crippen LogP contribution in [-0.2, 0) is 4.79 Å². The van der Waals surface area contributed by atoms with Crippen LogP contribution in [0.5, 0.6) is 0 Å². The van der Waals surface area contributed by atoms with Gasteiger partial charge < -0.3 is 10.4 Å². The zero-order valence-corrected chi connectivity index (χ0v) is 14.9. The lowest BCUT2D eigenvalue weighted by Gasteiger charge is -2.18. The topological polar surface area (TPSA) is 79.3 Å². The van der Waals surface area contributed by atoms with Crippen LogP contribution in [0.2, 0.25) is 0 Å². The second-order valence-corrected chi connectivity index (χ2v) is 7.03. The molecule has 2 aromatic rings. The number of hydrogen-bond acceptors (Lipinski definition) is 3. The van der Waals surface area contributed by atoms with Crippen LogP contribution in [0.1, 0.15) is 52.4 Å². The fraction of sp³-hybridized carbons (Fsp3) is 0.421. The van der Waals surface area contributed by atoms with Crippen molar-refractivity contribution in [2.45, 2.75) is 51.2 Å². The Balaban J connectivity index is 2.03. The number of pyridine rings is 1. The quantitative estimate of drug-likeness (QED) is 0.826. The van der Waals surface area contributed by atoms with Gasteiger partial charge in [-0.05, 0) is 44.4 Å². The van der Waals surface area contributed by atoms with E-state index in [-0.39, 0.29) is 11.5 Å². The number of carboxylic acid groups (broad SMARTS) is 1. The van der Waals surface area contributed by atoms with Gasteiger partial charge in [-0.25, -0.2) is 4.79 Å². The molecule has 1 aromatic carbocycles. The molecular weight excluding hydrogens is 361 g/mol. The number of carboxylic acids is 1. The van der Waals surface area contributed by atoms with Crippen LogP contribution in [0.15, 0.2) is 18.2 Å². The van der Waals surface area contributed by atoms with Gasteiger partial charge in [0.25, 0.3) is 5.91 Å². The van der Waals surface area contributed by atoms with E-state index in [1.807, 2.05) is 25.2 Å². The van der Waals surface area contributed by atoms with E-state index >= 15 is 0 Å². The van der Waals surface area contributed by atoms with E-state index in [1.54, 1.807) is 12.1 Å². The number of nitrogens with one attached hydrogen (secondary N) is 1. The van der Waals surface area contributed by atoms with Crippen molar-refractivity contribution in [2.75, 3.05) is 0 Å². The average Bonchev–Trinajstić information content (AvgIpc) is 3.36. The molecule has 1 amide bonds. The smallest absolute Gasteiger partial charge is 0.391 e. The number of aromatic nitrogens is 1. The van der Waals surface area contributed by atoms with Crippen LogP contribution < -0.4 is 5.32 Å². The van der Waals surface area contributed by atoms with Crippen molar-refractivity contribution in [1.82, 2.24) is 10.3 Å². The molecular formula is C19H19F3N2O3. The fourth-order valence-electron chi connectivity index (χ4n) is 3.14. The molecule has 0 spiro atoms. The largest absolute Gasteiger partial charge is 0.480 e. The number of halogens is 3. The first-order chi connectivity index (χ1) is 12.5. The van der Waals surface area contributed by atoms with E-state index < -0.39 is 30.5 Å². The molecule has 0 aliphatic heterocycles. The zero-order valence-electron chi connectivity index (χ0n) is 14.9. The minimum Gasteiger partial charge on any atom is -0.480 e. The van der Waals surface area contributed by atoms with E-state index in [2.05, 4.69) is 4.98 Å². The third kappa shape index (κ3) is 4.37. The molecule has 1 aliphatic carbocycles. The molecule has 1 unspecified atom stereocenters. The van der Waals surface area contributed by atoms with E-state index in [1.165, 1.54) is 0 Å². The Labute approximate surface area is 153 Å². The van der Waals surface area contributed by atoms with Crippen LogP contribution in [0.3, 0.4) is 0 Å². The van der Waals surface area contributed by atoms with Gasteiger partial charge in [-0.2, -0.15) is 13.2 Å². The molecule has 1 aromatic heterocycles. The van der Waals surface area contributed by atoms with Crippen LogP contribution in [0, 0.1) is 13.8 Å². The van der Waals surface area contributed by atoms with Gasteiger partial charge in [0.15, 0.2) is 0 Å². The highest BCUT2D eigenvalue weighted by Gasteiger charge is 2.37. The lowest BCUT2D eigenvalue weighted by atomic mass is 10.00. The number of benzene rings is 1. The van der Waals surface area contributed by atoms with Crippen LogP contribution >= 0.6 is 0 Å². The molecule has 1 saturated carbocycles. The maximum absolute atomic E-state index is 12.7. The monoisotopic (exact) mass is 380 g/mol. The summed E-state index contributed by atoms with van der Waals surface area (Å²) in [4.78, 5) is 28.5. The molecule has 1 fully saturated rings. The lowest BCUT2D eigenvalue weighted by Crippen LogP contribution is -2.43. The van der Waals surface area contributed by atoms with Crippen molar-refractivity contribution in [1.29, 1.82) is 0 Å². The summed E-state index contributed by atoms with van der Waals surface area (Å²) in [7, 11) is 0. The molecule has 0 radical (unpaired) electrons. The van der Waals surface area contributed by atoms with Gasteiger partial charge in [0.05, 0.1) is 17.5 Å². The summed E-state index contributed by atoms with van der Waals surface area (Å²) in [6.07, 6.45) is -4.46. The summed E-state index contributed by atoms with van der Waals surface area (Å²) in [6.45, 7) is 3.69. The maximum atomic E-state index is 12.7. The van der Waals surface area contributed by atoms with Crippen molar-refractivity contribution >= 4 is 22.8 Å². The Hall–Kier alpha value is -2.64. The number of aliphatic carboxylic acids is 1. The summed E-state index contributed by atoms with van der Waals surface area (Å²) in [5, 5.41) is 11.6. The van der Waals surface area contributed by atoms with Gasteiger partial charge in [-0.1, -0.05) is 11.6 Å². The second-order valence-electron chi connectivity index (χ2n) is 7.03. The summed E-state index contributed by atoms with van der Waals surface area (Å²) >= 11 is 0. The van der Waals surface area contributed by atoms with E-state index in [4.69, 9.17) is 5.11 Å². The summed E-state index contributed by atoms with van der Waals surface area (Å²) in [5.41, 5.74) is 3.20. The first-order valence-electron chi connectivity index (χ1n) is 8.57. The Morgan fingerprint density at radius 3 is 2.48 bits per heavy atom. The lowest BCUT2D eigenvalue weighted by molar-refractivity contribution is -0.157. The Kier molecular flexibility index (Phi) is 4.84. The van der Waals surface area contributed by atoms with Gasteiger partial charge in [0, 0.05) is 17.0 Å². The number of aryl methyl sites for hydroxylation is 2. The number of hydrogen-bond donors (Lipinski definition) is 2. The SMILES string of the molecule is Cc1cc(C)c2nc(C3CC3)cc(C(=O)NC(CC(F)(F)F)C(=O)O)c2c1. The third-order valence-corrected chi connectivity index (χ3v) is 4.55. The van der Waals surface area contributed by atoms with Crippen molar-refractivity contribution in [3.05, 3.63) is 40.6 Å². The standard InChI is InChI=1S/C19H19F3N2O3/c1-9-5-10(2)16-12(6-9)13(7-14(23-16)11-3-4-11)17(25)24-15(18(26)27)8-19(20,21)22/h5-7,11,15H,3-4,8H2,1-2H3,(H,24,25)(H,26,27). The van der Waals surface area contributed by atoms with Crippen molar-refractivity contribution < 1.29 is 27.9 Å². The number of amides is 1. The molecule has 2 N–H and O–H groups in total. The summed E-state index contributed by atoms with van der Waals surface area (Å²) in [5.74, 6) is -2.34. The van der Waals surface area contributed by atoms with Gasteiger partial charge >= 0.3 is 12.1 Å². The van der Waals surface area contributed by atoms with E-state index in [0.29, 0.717) is 16.6 Å². The Morgan fingerprint density at radius 1 is 1.26 bits per heavy atom. The first kappa shape index (κ1) is 19.1. The van der Waals surface area contributed by atoms with Gasteiger partial charge in [-0.3, -0.25) is 9.78 Å². The average molecular weight is 380 g/mol. The molecule has 27 heavy (non-hydrogen) atoms. The highest BCUT2D eigenvalue weighted by molar-refractivity contribution is 6.08. The Bertz CT molecular complexity index is 921. The van der Waals surface area contributed by atoms with E-state index in [0.717, 1.165) is 24.0 Å². The second kappa shape index (κ2) is 6.83. The highest BCUT2D eigenvalue weighted by atomic mass is 19.4. The minimum absolute atomic E-state index is 0.155. The molecule has 8 heteroatoms.